The molecule has 11 nitrogen and oxygen atoms in total. The molecule has 59 heavy (non-hydrogen) atoms. The van der Waals surface area contributed by atoms with E-state index in [1.165, 1.54) is 4.88 Å². The summed E-state index contributed by atoms with van der Waals surface area (Å²) in [4.78, 5) is 68.0. The monoisotopic (exact) mass is 887 g/mol. The fraction of sp³-hybridized carbons (Fsp3) is 0.523. The van der Waals surface area contributed by atoms with Crippen molar-refractivity contribution in [1.29, 1.82) is 0 Å². The van der Waals surface area contributed by atoms with Crippen LogP contribution in [0.1, 0.15) is 97.8 Å². The molecule has 320 valence electrons. The van der Waals surface area contributed by atoms with E-state index in [0.29, 0.717) is 59.5 Å². The molecule has 1 saturated carbocycles. The molecule has 3 fully saturated rings. The van der Waals surface area contributed by atoms with Crippen LogP contribution >= 0.6 is 46.1 Å². The highest BCUT2D eigenvalue weighted by atomic mass is 35.5. The van der Waals surface area contributed by atoms with Gasteiger partial charge < -0.3 is 20.6 Å². The fourth-order valence-corrected chi connectivity index (χ4v) is 10.0. The molecular weight excluding hydrogens is 833 g/mol. The van der Waals surface area contributed by atoms with E-state index in [9.17, 15) is 24.0 Å². The van der Waals surface area contributed by atoms with Crippen LogP contribution in [0, 0.1) is 5.92 Å². The minimum absolute atomic E-state index is 0.00416. The van der Waals surface area contributed by atoms with E-state index >= 15 is 0 Å². The summed E-state index contributed by atoms with van der Waals surface area (Å²) in [5.41, 5.74) is 1.62. The van der Waals surface area contributed by atoms with Gasteiger partial charge in [0.25, 0.3) is 0 Å². The number of carboxylic acid groups (broad SMARTS) is 1. The van der Waals surface area contributed by atoms with Crippen molar-refractivity contribution in [3.63, 3.8) is 0 Å². The predicted molar refractivity (Wildman–Crippen MR) is 234 cm³/mol. The number of benzene rings is 2. The van der Waals surface area contributed by atoms with Gasteiger partial charge in [0.05, 0.1) is 5.54 Å². The number of ketones is 1. The molecule has 1 unspecified atom stereocenters. The number of nitrogens with zero attached hydrogens (tertiary/aromatic N) is 3. The van der Waals surface area contributed by atoms with Gasteiger partial charge in [-0.25, -0.2) is 0 Å². The van der Waals surface area contributed by atoms with Gasteiger partial charge in [0.1, 0.15) is 0 Å². The molecule has 3 aliphatic rings. The number of rotatable bonds is 15. The third kappa shape index (κ3) is 13.5. The van der Waals surface area contributed by atoms with E-state index in [-0.39, 0.29) is 72.7 Å². The molecule has 1 aliphatic carbocycles. The van der Waals surface area contributed by atoms with Crippen LogP contribution in [0.25, 0.3) is 0 Å². The average molecular weight is 889 g/mol. The molecule has 1 aromatic heterocycles. The van der Waals surface area contributed by atoms with Gasteiger partial charge >= 0.3 is 5.97 Å². The van der Waals surface area contributed by atoms with Gasteiger partial charge in [-0.2, -0.15) is 0 Å². The van der Waals surface area contributed by atoms with Crippen LogP contribution in [0.5, 0.6) is 0 Å². The Balaban J connectivity index is 0.000000248. The van der Waals surface area contributed by atoms with Gasteiger partial charge in [0.2, 0.25) is 17.7 Å². The lowest BCUT2D eigenvalue weighted by molar-refractivity contribution is -0.137. The molecule has 2 aliphatic heterocycles. The Morgan fingerprint density at radius 3 is 2.03 bits per heavy atom. The molecule has 3 N–H and O–H groups in total. The molecule has 6 rings (SSSR count). The van der Waals surface area contributed by atoms with Crippen molar-refractivity contribution in [2.75, 3.05) is 40.3 Å². The van der Waals surface area contributed by atoms with Crippen molar-refractivity contribution >= 4 is 75.6 Å². The van der Waals surface area contributed by atoms with Crippen molar-refractivity contribution in [1.82, 2.24) is 25.3 Å². The van der Waals surface area contributed by atoms with Gasteiger partial charge in [-0.15, -0.1) is 11.3 Å². The number of carboxylic acids is 1. The molecule has 0 radical (unpaired) electrons. The number of carbonyl (C=O) groups is 5. The maximum Gasteiger partial charge on any atom is 0.303 e. The maximum atomic E-state index is 12.7. The summed E-state index contributed by atoms with van der Waals surface area (Å²) in [5, 5.41) is 18.7. The third-order valence-electron chi connectivity index (χ3n) is 11.8. The summed E-state index contributed by atoms with van der Waals surface area (Å²) in [5.74, 6) is -0.975. The Morgan fingerprint density at radius 1 is 0.780 bits per heavy atom. The van der Waals surface area contributed by atoms with Gasteiger partial charge in [-0.05, 0) is 113 Å². The summed E-state index contributed by atoms with van der Waals surface area (Å²) in [6, 6.07) is 17.0. The Labute approximate surface area is 366 Å². The molecule has 3 amide bonds. The van der Waals surface area contributed by atoms with E-state index in [1.54, 1.807) is 40.5 Å². The van der Waals surface area contributed by atoms with E-state index in [1.807, 2.05) is 18.2 Å². The predicted octanol–water partition coefficient (Wildman–Crippen LogP) is 8.06. The second kappa shape index (κ2) is 22.4. The number of carbonyl (C=O) groups excluding carboxylic acids is 4. The van der Waals surface area contributed by atoms with Crippen molar-refractivity contribution < 1.29 is 29.1 Å². The summed E-state index contributed by atoms with van der Waals surface area (Å²) < 4.78 is 0. The second-order valence-corrected chi connectivity index (χ2v) is 18.2. The first kappa shape index (κ1) is 46.5. The molecule has 0 bridgehead atoms. The van der Waals surface area contributed by atoms with Crippen molar-refractivity contribution in [3.8, 4) is 0 Å². The second-order valence-electron chi connectivity index (χ2n) is 16.0. The average Bonchev–Trinajstić information content (AvgIpc) is 3.92. The molecular formula is C44H56Cl3N5O6S. The first-order valence-corrected chi connectivity index (χ1v) is 22.5. The standard InChI is InChI=1S/C28H36ClN3O3S.C16H20Cl2N2O3/c1-31(2)28(24-4-3-19-36-24)15-11-23(12-16-28)30-25(33)9-10-26(34)32-17-13-21(14-18-32)27(35)20-5-7-22(29)8-6-20;17-13-3-1-4-14(18)12(13)10-20-8-7-11(9-20)19-15(21)5-2-6-16(22)23/h3-8,19,21,23H,9-18H2,1-2H3,(H,30,33);1,3-4,11H,2,5-10H2,(H,19,21)(H,22,23). The zero-order valence-corrected chi connectivity index (χ0v) is 37.0. The normalized spacial score (nSPS) is 21.1. The molecule has 3 aromatic rings. The molecule has 2 saturated heterocycles. The van der Waals surface area contributed by atoms with Crippen LogP contribution in [0.4, 0.5) is 0 Å². The topological polar surface area (TPSA) is 139 Å². The number of hydrogen-bond donors (Lipinski definition) is 3. The van der Waals surface area contributed by atoms with Gasteiger partial charge in [0.15, 0.2) is 5.78 Å². The maximum absolute atomic E-state index is 12.7. The zero-order chi connectivity index (χ0) is 42.5. The van der Waals surface area contributed by atoms with E-state index in [2.05, 4.69) is 52.0 Å². The molecule has 15 heteroatoms. The Morgan fingerprint density at radius 2 is 1.42 bits per heavy atom. The van der Waals surface area contributed by atoms with Crippen LogP contribution < -0.4 is 10.6 Å². The van der Waals surface area contributed by atoms with Gasteiger partial charge in [0, 0.05) is 107 Å². The first-order valence-electron chi connectivity index (χ1n) is 20.5. The number of aliphatic carboxylic acids is 1. The van der Waals surface area contributed by atoms with E-state index in [4.69, 9.17) is 39.9 Å². The summed E-state index contributed by atoms with van der Waals surface area (Å²) in [6.07, 6.45) is 7.12. The van der Waals surface area contributed by atoms with Crippen LogP contribution in [0.2, 0.25) is 15.1 Å². The van der Waals surface area contributed by atoms with Crippen molar-refractivity contribution in [3.05, 3.63) is 91.0 Å². The van der Waals surface area contributed by atoms with Crippen molar-refractivity contribution in [2.24, 2.45) is 5.92 Å². The van der Waals surface area contributed by atoms with E-state index in [0.717, 1.165) is 50.8 Å². The summed E-state index contributed by atoms with van der Waals surface area (Å²) >= 11 is 20.1. The summed E-state index contributed by atoms with van der Waals surface area (Å²) in [7, 11) is 4.28. The largest absolute Gasteiger partial charge is 0.481 e. The lowest BCUT2D eigenvalue weighted by Crippen LogP contribution is -2.48. The van der Waals surface area contributed by atoms with Crippen LogP contribution in [0.3, 0.4) is 0 Å². The van der Waals surface area contributed by atoms with Gasteiger partial charge in [-0.1, -0.05) is 46.9 Å². The first-order chi connectivity index (χ1) is 28.2. The molecule has 0 spiro atoms. The number of nitrogens with one attached hydrogen (secondary N) is 2. The van der Waals surface area contributed by atoms with E-state index < -0.39 is 5.97 Å². The Hall–Kier alpha value is -3.52. The molecule has 1 atom stereocenters. The highest BCUT2D eigenvalue weighted by Gasteiger charge is 2.40. The number of Topliss-reactive ketones (excluding diaryl/α,β-unsaturated/α-hetero) is 1. The van der Waals surface area contributed by atoms with Crippen LogP contribution in [-0.2, 0) is 31.3 Å². The smallest absolute Gasteiger partial charge is 0.303 e. The minimum Gasteiger partial charge on any atom is -0.481 e. The summed E-state index contributed by atoms with van der Waals surface area (Å²) in [6.45, 7) is 3.38. The Bertz CT molecular complexity index is 1860. The van der Waals surface area contributed by atoms with Crippen LogP contribution in [0.15, 0.2) is 60.0 Å². The molecule has 3 heterocycles. The highest BCUT2D eigenvalue weighted by Crippen LogP contribution is 2.43. The number of hydrogen-bond acceptors (Lipinski definition) is 8. The van der Waals surface area contributed by atoms with Crippen LogP contribution in [-0.4, -0.2) is 102 Å². The quantitative estimate of drug-likeness (QED) is 0.130. The number of halogens is 3. The minimum atomic E-state index is -0.874. The van der Waals surface area contributed by atoms with Crippen molar-refractivity contribution in [2.45, 2.75) is 101 Å². The third-order valence-corrected chi connectivity index (χ3v) is 13.8. The Kier molecular flexibility index (Phi) is 17.6. The highest BCUT2D eigenvalue weighted by molar-refractivity contribution is 7.10. The zero-order valence-electron chi connectivity index (χ0n) is 33.9. The SMILES string of the molecule is CN(C)C1(c2cccs2)CCC(NC(=O)CCC(=O)N2CCC(C(=O)c3ccc(Cl)cc3)CC2)CC1.O=C(O)CCCC(=O)NC1CCN(Cc2c(Cl)cccc2Cl)C1. The number of amides is 3. The fourth-order valence-electron chi connectivity index (χ4n) is 8.32. The number of likely N-dealkylation sites (tertiary alicyclic amines) is 2. The lowest BCUT2D eigenvalue weighted by atomic mass is 9.77. The molecule has 2 aromatic carbocycles. The lowest BCUT2D eigenvalue weighted by Gasteiger charge is -2.44. The number of piperidine rings is 1. The number of thiophene rings is 1. The van der Waals surface area contributed by atoms with Gasteiger partial charge in [-0.3, -0.25) is 33.8 Å².